The van der Waals surface area contributed by atoms with Crippen molar-refractivity contribution >= 4 is 11.8 Å². The van der Waals surface area contributed by atoms with Crippen LogP contribution in [0.1, 0.15) is 41.1 Å². The van der Waals surface area contributed by atoms with Crippen molar-refractivity contribution in [2.75, 3.05) is 7.05 Å². The lowest BCUT2D eigenvalue weighted by atomic mass is 10.1. The second-order valence-corrected chi connectivity index (χ2v) is 7.42. The number of nitrogens with zero attached hydrogens (tertiary/aromatic N) is 4. The minimum atomic E-state index is -0.0434. The van der Waals surface area contributed by atoms with Crippen LogP contribution in [0.3, 0.4) is 0 Å². The third-order valence-electron chi connectivity index (χ3n) is 4.89. The standard InChI is InChI=1S/C22H23N5O3/c1-27(14-15-5-7-16(8-6-15)22(29)24-17-9-10-17)20(28)12-11-19-25-21(26-30-19)18-4-2-3-13-23-18/h2-8,13,17H,9-12,14H2,1H3,(H,24,29). The van der Waals surface area contributed by atoms with Gasteiger partial charge in [0.05, 0.1) is 0 Å². The zero-order chi connectivity index (χ0) is 20.9. The van der Waals surface area contributed by atoms with Gasteiger partial charge in [-0.1, -0.05) is 23.4 Å². The zero-order valence-corrected chi connectivity index (χ0v) is 16.7. The fraction of sp³-hybridized carbons (Fsp3) is 0.318. The van der Waals surface area contributed by atoms with E-state index in [1.54, 1.807) is 36.3 Å². The van der Waals surface area contributed by atoms with Crippen LogP contribution in [0.4, 0.5) is 0 Å². The van der Waals surface area contributed by atoms with Gasteiger partial charge in [-0.05, 0) is 42.7 Å². The smallest absolute Gasteiger partial charge is 0.251 e. The van der Waals surface area contributed by atoms with Gasteiger partial charge in [-0.2, -0.15) is 4.98 Å². The monoisotopic (exact) mass is 405 g/mol. The molecule has 1 aliphatic carbocycles. The van der Waals surface area contributed by atoms with Gasteiger partial charge in [0, 0.05) is 44.2 Å². The molecule has 0 unspecified atom stereocenters. The molecule has 1 saturated carbocycles. The van der Waals surface area contributed by atoms with E-state index in [-0.39, 0.29) is 18.2 Å². The molecule has 0 aliphatic heterocycles. The van der Waals surface area contributed by atoms with Gasteiger partial charge in [0.25, 0.3) is 5.91 Å². The molecule has 1 aliphatic rings. The lowest BCUT2D eigenvalue weighted by Gasteiger charge is -2.17. The lowest BCUT2D eigenvalue weighted by Crippen LogP contribution is -2.27. The third-order valence-corrected chi connectivity index (χ3v) is 4.89. The fourth-order valence-corrected chi connectivity index (χ4v) is 2.98. The number of hydrogen-bond acceptors (Lipinski definition) is 6. The van der Waals surface area contributed by atoms with Crippen molar-refractivity contribution in [1.82, 2.24) is 25.3 Å². The van der Waals surface area contributed by atoms with Gasteiger partial charge in [-0.25, -0.2) is 0 Å². The van der Waals surface area contributed by atoms with Gasteiger partial charge in [0.2, 0.25) is 17.6 Å². The molecule has 4 rings (SSSR count). The largest absolute Gasteiger partial charge is 0.349 e. The van der Waals surface area contributed by atoms with Crippen LogP contribution >= 0.6 is 0 Å². The van der Waals surface area contributed by atoms with E-state index in [0.717, 1.165) is 18.4 Å². The summed E-state index contributed by atoms with van der Waals surface area (Å²) in [6, 6.07) is 13.1. The minimum absolute atomic E-state index is 0.0249. The van der Waals surface area contributed by atoms with Crippen LogP contribution < -0.4 is 5.32 Å². The molecule has 8 nitrogen and oxygen atoms in total. The second-order valence-electron chi connectivity index (χ2n) is 7.42. The predicted molar refractivity (Wildman–Crippen MR) is 109 cm³/mol. The molecular formula is C22H23N5O3. The molecule has 3 aromatic rings. The normalized spacial score (nSPS) is 13.1. The maximum atomic E-state index is 12.5. The maximum Gasteiger partial charge on any atom is 0.251 e. The van der Waals surface area contributed by atoms with Crippen LogP contribution in [0.25, 0.3) is 11.5 Å². The molecule has 0 bridgehead atoms. The zero-order valence-electron chi connectivity index (χ0n) is 16.7. The Morgan fingerprint density at radius 3 is 2.67 bits per heavy atom. The summed E-state index contributed by atoms with van der Waals surface area (Å²) in [6.45, 7) is 0.465. The first kappa shape index (κ1) is 19.8. The predicted octanol–water partition coefficient (Wildman–Crippen LogP) is 2.62. The molecule has 154 valence electrons. The number of hydrogen-bond donors (Lipinski definition) is 1. The van der Waals surface area contributed by atoms with Crippen LogP contribution in [0, 0.1) is 0 Å². The number of aryl methyl sites for hydroxylation is 1. The van der Waals surface area contributed by atoms with E-state index in [0.29, 0.717) is 42.0 Å². The van der Waals surface area contributed by atoms with Crippen molar-refractivity contribution in [3.05, 3.63) is 65.7 Å². The Bertz CT molecular complexity index is 1010. The molecule has 1 N–H and O–H groups in total. The minimum Gasteiger partial charge on any atom is -0.349 e. The Labute approximate surface area is 174 Å². The van der Waals surface area contributed by atoms with Gasteiger partial charge in [-0.15, -0.1) is 0 Å². The Balaban J connectivity index is 1.26. The van der Waals surface area contributed by atoms with Gasteiger partial charge in [0.15, 0.2) is 0 Å². The number of amides is 2. The van der Waals surface area contributed by atoms with Crippen LogP contribution in [0.5, 0.6) is 0 Å². The first-order valence-electron chi connectivity index (χ1n) is 9.96. The van der Waals surface area contributed by atoms with E-state index in [2.05, 4.69) is 20.4 Å². The summed E-state index contributed by atoms with van der Waals surface area (Å²) in [4.78, 5) is 34.6. The van der Waals surface area contributed by atoms with E-state index >= 15 is 0 Å². The molecule has 0 radical (unpaired) electrons. The average molecular weight is 405 g/mol. The summed E-state index contributed by atoms with van der Waals surface area (Å²) in [5.74, 6) is 0.752. The number of carbonyl (C=O) groups excluding carboxylic acids is 2. The van der Waals surface area contributed by atoms with E-state index in [9.17, 15) is 9.59 Å². The fourth-order valence-electron chi connectivity index (χ4n) is 2.98. The second kappa shape index (κ2) is 8.86. The Kier molecular flexibility index (Phi) is 5.83. The summed E-state index contributed by atoms with van der Waals surface area (Å²) in [6.07, 6.45) is 4.41. The first-order chi connectivity index (χ1) is 14.6. The highest BCUT2D eigenvalue weighted by Gasteiger charge is 2.23. The summed E-state index contributed by atoms with van der Waals surface area (Å²) < 4.78 is 5.23. The number of benzene rings is 1. The number of aromatic nitrogens is 3. The van der Waals surface area contributed by atoms with Crippen molar-refractivity contribution in [3.8, 4) is 11.5 Å². The SMILES string of the molecule is CN(Cc1ccc(C(=O)NC2CC2)cc1)C(=O)CCc1nc(-c2ccccn2)no1. The highest BCUT2D eigenvalue weighted by molar-refractivity contribution is 5.94. The maximum absolute atomic E-state index is 12.5. The Morgan fingerprint density at radius 2 is 1.97 bits per heavy atom. The van der Waals surface area contributed by atoms with Gasteiger partial charge >= 0.3 is 0 Å². The highest BCUT2D eigenvalue weighted by atomic mass is 16.5. The molecule has 0 saturated heterocycles. The molecule has 1 aromatic carbocycles. The molecule has 8 heteroatoms. The third kappa shape index (κ3) is 5.08. The van der Waals surface area contributed by atoms with E-state index in [1.165, 1.54) is 0 Å². The molecule has 1 fully saturated rings. The topological polar surface area (TPSA) is 101 Å². The van der Waals surface area contributed by atoms with Gasteiger partial charge in [0.1, 0.15) is 5.69 Å². The van der Waals surface area contributed by atoms with Crippen molar-refractivity contribution in [1.29, 1.82) is 0 Å². The van der Waals surface area contributed by atoms with Crippen LogP contribution in [-0.4, -0.2) is 44.9 Å². The quantitative estimate of drug-likeness (QED) is 0.618. The number of pyridine rings is 1. The van der Waals surface area contributed by atoms with E-state index < -0.39 is 0 Å². The number of carbonyl (C=O) groups is 2. The van der Waals surface area contributed by atoms with Gasteiger partial charge < -0.3 is 14.7 Å². The summed E-state index contributed by atoms with van der Waals surface area (Å²) in [7, 11) is 1.75. The molecule has 2 heterocycles. The lowest BCUT2D eigenvalue weighted by molar-refractivity contribution is -0.130. The van der Waals surface area contributed by atoms with Crippen molar-refractivity contribution < 1.29 is 14.1 Å². The average Bonchev–Trinajstić information content (AvgIpc) is 3.46. The molecule has 0 spiro atoms. The van der Waals surface area contributed by atoms with E-state index in [1.807, 2.05) is 24.3 Å². The van der Waals surface area contributed by atoms with Crippen LogP contribution in [0.15, 0.2) is 53.2 Å². The summed E-state index contributed by atoms with van der Waals surface area (Å²) >= 11 is 0. The van der Waals surface area contributed by atoms with Crippen molar-refractivity contribution in [2.24, 2.45) is 0 Å². The van der Waals surface area contributed by atoms with Crippen molar-refractivity contribution in [3.63, 3.8) is 0 Å². The van der Waals surface area contributed by atoms with E-state index in [4.69, 9.17) is 4.52 Å². The van der Waals surface area contributed by atoms with Crippen LogP contribution in [-0.2, 0) is 17.8 Å². The van der Waals surface area contributed by atoms with Gasteiger partial charge in [-0.3, -0.25) is 14.6 Å². The number of nitrogens with one attached hydrogen (secondary N) is 1. The van der Waals surface area contributed by atoms with Crippen molar-refractivity contribution in [2.45, 2.75) is 38.3 Å². The molecule has 2 aromatic heterocycles. The highest BCUT2D eigenvalue weighted by Crippen LogP contribution is 2.19. The molecular weight excluding hydrogens is 382 g/mol. The molecule has 0 atom stereocenters. The number of rotatable bonds is 8. The molecule has 2 amide bonds. The van der Waals surface area contributed by atoms with Crippen LogP contribution in [0.2, 0.25) is 0 Å². The Morgan fingerprint density at radius 1 is 1.17 bits per heavy atom. The first-order valence-corrected chi connectivity index (χ1v) is 9.96. The Hall–Kier alpha value is -3.55. The summed E-state index contributed by atoms with van der Waals surface area (Å²) in [5, 5.41) is 6.88. The summed E-state index contributed by atoms with van der Waals surface area (Å²) in [5.41, 5.74) is 2.23. The molecule has 30 heavy (non-hydrogen) atoms.